The number of carbonyl (C=O) groups excluding carboxylic acids is 1. The van der Waals surface area contributed by atoms with Crippen LogP contribution >= 0.6 is 0 Å². The van der Waals surface area contributed by atoms with Crippen LogP contribution < -0.4 is 4.74 Å². The van der Waals surface area contributed by atoms with E-state index < -0.39 is 0 Å². The lowest BCUT2D eigenvalue weighted by Gasteiger charge is -2.01. The van der Waals surface area contributed by atoms with Gasteiger partial charge in [0.25, 0.3) is 0 Å². The van der Waals surface area contributed by atoms with E-state index in [1.165, 1.54) is 44.9 Å². The van der Waals surface area contributed by atoms with Gasteiger partial charge in [0.05, 0.1) is 6.42 Å². The van der Waals surface area contributed by atoms with Gasteiger partial charge in [0.15, 0.2) is 0 Å². The minimum Gasteiger partial charge on any atom is -0.426 e. The Morgan fingerprint density at radius 3 is 2.33 bits per heavy atom. The topological polar surface area (TPSA) is 26.3 Å². The van der Waals surface area contributed by atoms with Gasteiger partial charge in [0, 0.05) is 0 Å². The highest BCUT2D eigenvalue weighted by Gasteiger charge is 2.00. The lowest BCUT2D eigenvalue weighted by atomic mass is 10.1. The zero-order valence-electron chi connectivity index (χ0n) is 13.2. The molecule has 0 unspecified atom stereocenters. The Morgan fingerprint density at radius 1 is 0.952 bits per heavy atom. The van der Waals surface area contributed by atoms with E-state index in [0.717, 1.165) is 6.42 Å². The average Bonchev–Trinajstić information content (AvgIpc) is 2.50. The fourth-order valence-electron chi connectivity index (χ4n) is 2.18. The van der Waals surface area contributed by atoms with E-state index in [4.69, 9.17) is 4.74 Å². The highest BCUT2D eigenvalue weighted by atomic mass is 16.5. The van der Waals surface area contributed by atoms with Gasteiger partial charge in [-0.15, -0.1) is 0 Å². The summed E-state index contributed by atoms with van der Waals surface area (Å²) in [7, 11) is 0. The van der Waals surface area contributed by atoms with Crippen molar-refractivity contribution in [1.82, 2.24) is 0 Å². The quantitative estimate of drug-likeness (QED) is 0.227. The van der Waals surface area contributed by atoms with Gasteiger partial charge in [0.2, 0.25) is 0 Å². The molecule has 2 nitrogen and oxygen atoms in total. The van der Waals surface area contributed by atoms with Gasteiger partial charge < -0.3 is 4.74 Å². The minimum atomic E-state index is -0.197. The second kappa shape index (κ2) is 12.2. The summed E-state index contributed by atoms with van der Waals surface area (Å²) in [6.07, 6.45) is 14.7. The fourth-order valence-corrected chi connectivity index (χ4v) is 2.18. The molecule has 0 bridgehead atoms. The predicted octanol–water partition coefficient (Wildman–Crippen LogP) is 5.68. The molecule has 0 amide bonds. The van der Waals surface area contributed by atoms with Crippen molar-refractivity contribution in [2.75, 3.05) is 0 Å². The molecule has 0 heterocycles. The van der Waals surface area contributed by atoms with Gasteiger partial charge in [0.1, 0.15) is 5.75 Å². The molecule has 0 fully saturated rings. The summed E-state index contributed by atoms with van der Waals surface area (Å²) in [5.41, 5.74) is 0. The minimum absolute atomic E-state index is 0.197. The molecule has 0 saturated heterocycles. The van der Waals surface area contributed by atoms with Crippen LogP contribution in [0.4, 0.5) is 0 Å². The second-order valence-corrected chi connectivity index (χ2v) is 5.37. The maximum absolute atomic E-state index is 11.6. The van der Waals surface area contributed by atoms with Crippen molar-refractivity contribution in [3.63, 3.8) is 0 Å². The Balaban J connectivity index is 1.98. The average molecular weight is 288 g/mol. The maximum atomic E-state index is 11.6. The monoisotopic (exact) mass is 288 g/mol. The number of allylic oxidation sites excluding steroid dienone is 1. The molecule has 2 heteroatoms. The lowest BCUT2D eigenvalue weighted by molar-refractivity contribution is -0.133. The third kappa shape index (κ3) is 9.89. The molecule has 21 heavy (non-hydrogen) atoms. The summed E-state index contributed by atoms with van der Waals surface area (Å²) < 4.78 is 5.21. The van der Waals surface area contributed by atoms with E-state index in [9.17, 15) is 4.79 Å². The summed E-state index contributed by atoms with van der Waals surface area (Å²) in [6.45, 7) is 2.24. The third-order valence-electron chi connectivity index (χ3n) is 3.40. The number of unbranched alkanes of at least 4 members (excludes halogenated alkanes) is 7. The lowest BCUT2D eigenvalue weighted by Crippen LogP contribution is -2.05. The molecule has 0 N–H and O–H groups in total. The highest BCUT2D eigenvalue weighted by Crippen LogP contribution is 2.10. The van der Waals surface area contributed by atoms with E-state index in [0.29, 0.717) is 12.2 Å². The summed E-state index contributed by atoms with van der Waals surface area (Å²) in [6, 6.07) is 9.21. The molecule has 1 rings (SSSR count). The van der Waals surface area contributed by atoms with Crippen molar-refractivity contribution in [2.45, 2.75) is 64.7 Å². The normalized spacial score (nSPS) is 10.9. The molecule has 0 aromatic heterocycles. The zero-order valence-corrected chi connectivity index (χ0v) is 13.2. The number of carbonyl (C=O) groups is 1. The zero-order chi connectivity index (χ0) is 15.2. The summed E-state index contributed by atoms with van der Waals surface area (Å²) in [5.74, 6) is 0.417. The van der Waals surface area contributed by atoms with Crippen LogP contribution in [0.5, 0.6) is 5.75 Å². The second-order valence-electron chi connectivity index (χ2n) is 5.37. The van der Waals surface area contributed by atoms with Crippen molar-refractivity contribution >= 4 is 5.97 Å². The Hall–Kier alpha value is -1.57. The van der Waals surface area contributed by atoms with Crippen LogP contribution in [0.3, 0.4) is 0 Å². The maximum Gasteiger partial charge on any atom is 0.315 e. The number of esters is 1. The largest absolute Gasteiger partial charge is 0.426 e. The molecule has 0 aliphatic rings. The molecule has 1 aromatic carbocycles. The molecule has 0 spiro atoms. The number of para-hydroxylation sites is 1. The van der Waals surface area contributed by atoms with Gasteiger partial charge in [-0.25, -0.2) is 0 Å². The standard InChI is InChI=1S/C19H28O2/c1-2-3-4-5-6-7-8-9-10-14-17-19(20)21-18-15-12-11-13-16-18/h10-16H,2-9,17H2,1H3/b14-10+. The van der Waals surface area contributed by atoms with Gasteiger partial charge >= 0.3 is 5.97 Å². The van der Waals surface area contributed by atoms with Crippen molar-refractivity contribution in [3.05, 3.63) is 42.5 Å². The van der Waals surface area contributed by atoms with E-state index in [1.807, 2.05) is 24.3 Å². The molecule has 0 radical (unpaired) electrons. The summed E-state index contributed by atoms with van der Waals surface area (Å²) in [5, 5.41) is 0. The number of hydrogen-bond donors (Lipinski definition) is 0. The first kappa shape index (κ1) is 17.5. The molecule has 0 aliphatic heterocycles. The van der Waals surface area contributed by atoms with E-state index >= 15 is 0 Å². The summed E-state index contributed by atoms with van der Waals surface area (Å²) >= 11 is 0. The molecular weight excluding hydrogens is 260 g/mol. The first-order chi connectivity index (χ1) is 10.3. The van der Waals surface area contributed by atoms with Crippen molar-refractivity contribution < 1.29 is 9.53 Å². The first-order valence-corrected chi connectivity index (χ1v) is 8.23. The molecule has 0 aliphatic carbocycles. The van der Waals surface area contributed by atoms with Crippen LogP contribution in [0, 0.1) is 0 Å². The molecule has 116 valence electrons. The van der Waals surface area contributed by atoms with Gasteiger partial charge in [-0.3, -0.25) is 4.79 Å². The van der Waals surface area contributed by atoms with Crippen LogP contribution in [0.15, 0.2) is 42.5 Å². The Bertz CT molecular complexity index is 395. The number of ether oxygens (including phenoxy) is 1. The van der Waals surface area contributed by atoms with Crippen molar-refractivity contribution in [1.29, 1.82) is 0 Å². The van der Waals surface area contributed by atoms with Crippen LogP contribution in [-0.2, 0) is 4.79 Å². The molecular formula is C19H28O2. The van der Waals surface area contributed by atoms with Crippen molar-refractivity contribution in [2.24, 2.45) is 0 Å². The van der Waals surface area contributed by atoms with E-state index in [2.05, 4.69) is 13.0 Å². The Kier molecular flexibility index (Phi) is 10.1. The smallest absolute Gasteiger partial charge is 0.315 e. The first-order valence-electron chi connectivity index (χ1n) is 8.23. The van der Waals surface area contributed by atoms with Gasteiger partial charge in [-0.05, 0) is 25.0 Å². The number of rotatable bonds is 11. The summed E-state index contributed by atoms with van der Waals surface area (Å²) in [4.78, 5) is 11.6. The predicted molar refractivity (Wildman–Crippen MR) is 88.4 cm³/mol. The highest BCUT2D eigenvalue weighted by molar-refractivity contribution is 5.73. The van der Waals surface area contributed by atoms with Crippen LogP contribution in [0.25, 0.3) is 0 Å². The third-order valence-corrected chi connectivity index (χ3v) is 3.40. The SMILES string of the molecule is CCCCCCCCC/C=C/CC(=O)Oc1ccccc1. The van der Waals surface area contributed by atoms with Gasteiger partial charge in [-0.2, -0.15) is 0 Å². The molecule has 1 aromatic rings. The van der Waals surface area contributed by atoms with E-state index in [1.54, 1.807) is 12.1 Å². The van der Waals surface area contributed by atoms with E-state index in [-0.39, 0.29) is 5.97 Å². The van der Waals surface area contributed by atoms with Crippen LogP contribution in [0.2, 0.25) is 0 Å². The number of hydrogen-bond acceptors (Lipinski definition) is 2. The fraction of sp³-hybridized carbons (Fsp3) is 0.526. The van der Waals surface area contributed by atoms with Crippen LogP contribution in [-0.4, -0.2) is 5.97 Å². The van der Waals surface area contributed by atoms with Crippen molar-refractivity contribution in [3.8, 4) is 5.75 Å². The van der Waals surface area contributed by atoms with Gasteiger partial charge in [-0.1, -0.05) is 75.8 Å². The molecule has 0 saturated carbocycles. The molecule has 0 atom stereocenters. The number of benzene rings is 1. The Morgan fingerprint density at radius 2 is 1.62 bits per heavy atom. The Labute approximate surface area is 129 Å². The van der Waals surface area contributed by atoms with Crippen LogP contribution in [0.1, 0.15) is 64.7 Å².